The van der Waals surface area contributed by atoms with Crippen LogP contribution in [0.4, 0.5) is 0 Å². The second kappa shape index (κ2) is 5.11. The smallest absolute Gasteiger partial charge is 0.0896 e. The average molecular weight is 272 g/mol. The molecule has 0 bridgehead atoms. The molecule has 3 aromatic heterocycles. The molecule has 3 aromatic rings. The van der Waals surface area contributed by atoms with Crippen LogP contribution in [0.5, 0.6) is 0 Å². The predicted octanol–water partition coefficient (Wildman–Crippen LogP) is 2.80. The summed E-state index contributed by atoms with van der Waals surface area (Å²) >= 11 is 1.78. The largest absolute Gasteiger partial charge is 0.306 e. The summed E-state index contributed by atoms with van der Waals surface area (Å²) in [5, 5.41) is 10.1. The molecule has 0 aromatic carbocycles. The van der Waals surface area contributed by atoms with Gasteiger partial charge in [-0.05, 0) is 30.5 Å². The zero-order valence-corrected chi connectivity index (χ0v) is 11.8. The Balaban J connectivity index is 2.12. The minimum absolute atomic E-state index is 0.187. The minimum Gasteiger partial charge on any atom is -0.306 e. The topological polar surface area (TPSA) is 42.2 Å². The molecule has 4 nitrogen and oxygen atoms in total. The molecule has 0 aliphatic heterocycles. The Morgan fingerprint density at radius 3 is 3.05 bits per heavy atom. The van der Waals surface area contributed by atoms with Crippen LogP contribution in [-0.4, -0.2) is 21.1 Å². The lowest BCUT2D eigenvalue weighted by molar-refractivity contribution is 0.640. The summed E-state index contributed by atoms with van der Waals surface area (Å²) in [6.45, 7) is 5.19. The van der Waals surface area contributed by atoms with E-state index >= 15 is 0 Å². The van der Waals surface area contributed by atoms with E-state index in [4.69, 9.17) is 0 Å². The van der Waals surface area contributed by atoms with Gasteiger partial charge >= 0.3 is 0 Å². The molecule has 0 aliphatic rings. The van der Waals surface area contributed by atoms with Gasteiger partial charge in [0.2, 0.25) is 0 Å². The van der Waals surface area contributed by atoms with E-state index in [2.05, 4.69) is 40.7 Å². The van der Waals surface area contributed by atoms with Crippen LogP contribution in [0.2, 0.25) is 0 Å². The van der Waals surface area contributed by atoms with Crippen molar-refractivity contribution < 1.29 is 0 Å². The first-order chi connectivity index (χ1) is 9.31. The van der Waals surface area contributed by atoms with Gasteiger partial charge in [-0.15, -0.1) is 11.3 Å². The van der Waals surface area contributed by atoms with Crippen LogP contribution in [0.25, 0.3) is 5.52 Å². The number of hydrogen-bond acceptors (Lipinski definition) is 4. The van der Waals surface area contributed by atoms with Gasteiger partial charge in [0.25, 0.3) is 0 Å². The number of aryl methyl sites for hydroxylation is 1. The fourth-order valence-corrected chi connectivity index (χ4v) is 3.32. The number of nitrogens with zero attached hydrogens (tertiary/aromatic N) is 3. The molecule has 0 amide bonds. The molecule has 3 heterocycles. The number of thiophene rings is 1. The van der Waals surface area contributed by atoms with E-state index in [1.165, 1.54) is 16.0 Å². The highest BCUT2D eigenvalue weighted by Gasteiger charge is 2.20. The van der Waals surface area contributed by atoms with Gasteiger partial charge in [-0.25, -0.2) is 4.52 Å². The number of fused-ring (bicyclic) bond motifs is 1. The Morgan fingerprint density at radius 1 is 1.42 bits per heavy atom. The van der Waals surface area contributed by atoms with Crippen molar-refractivity contribution in [3.63, 3.8) is 0 Å². The van der Waals surface area contributed by atoms with Crippen molar-refractivity contribution in [3.8, 4) is 0 Å². The molecule has 19 heavy (non-hydrogen) atoms. The number of nitrogens with one attached hydrogen (secondary N) is 1. The van der Waals surface area contributed by atoms with Crippen molar-refractivity contribution in [1.82, 2.24) is 19.9 Å². The summed E-state index contributed by atoms with van der Waals surface area (Å²) in [7, 11) is 0. The second-order valence-electron chi connectivity index (χ2n) is 4.46. The van der Waals surface area contributed by atoms with Crippen LogP contribution >= 0.6 is 11.3 Å². The number of aromatic nitrogens is 3. The van der Waals surface area contributed by atoms with Gasteiger partial charge in [0.05, 0.1) is 24.0 Å². The molecule has 0 saturated heterocycles. The third kappa shape index (κ3) is 2.15. The molecule has 0 aliphatic carbocycles. The molecule has 98 valence electrons. The van der Waals surface area contributed by atoms with Crippen LogP contribution in [0.15, 0.2) is 36.2 Å². The SMILES string of the molecule is CCNC(c1sccc1C)c1cnn2ccncc12. The highest BCUT2D eigenvalue weighted by atomic mass is 32.1. The second-order valence-corrected chi connectivity index (χ2v) is 5.41. The summed E-state index contributed by atoms with van der Waals surface area (Å²) in [4.78, 5) is 5.55. The van der Waals surface area contributed by atoms with Gasteiger partial charge in [-0.1, -0.05) is 6.92 Å². The molecular weight excluding hydrogens is 256 g/mol. The van der Waals surface area contributed by atoms with Gasteiger partial charge in [0.15, 0.2) is 0 Å². The Kier molecular flexibility index (Phi) is 3.31. The van der Waals surface area contributed by atoms with E-state index in [0.717, 1.165) is 12.1 Å². The van der Waals surface area contributed by atoms with Gasteiger partial charge in [0.1, 0.15) is 0 Å². The number of hydrogen-bond donors (Lipinski definition) is 1. The lowest BCUT2D eigenvalue weighted by Gasteiger charge is -2.16. The Bertz CT molecular complexity index is 685. The van der Waals surface area contributed by atoms with E-state index < -0.39 is 0 Å². The lowest BCUT2D eigenvalue weighted by Crippen LogP contribution is -2.21. The molecule has 0 spiro atoms. The van der Waals surface area contributed by atoms with E-state index in [9.17, 15) is 0 Å². The van der Waals surface area contributed by atoms with Crippen molar-refractivity contribution in [1.29, 1.82) is 0 Å². The van der Waals surface area contributed by atoms with Gasteiger partial charge in [-0.2, -0.15) is 5.10 Å². The fraction of sp³-hybridized carbons (Fsp3) is 0.286. The van der Waals surface area contributed by atoms with Gasteiger partial charge in [0, 0.05) is 22.8 Å². The van der Waals surface area contributed by atoms with Crippen LogP contribution in [0.3, 0.4) is 0 Å². The Hall–Kier alpha value is -1.72. The summed E-state index contributed by atoms with van der Waals surface area (Å²) in [5.41, 5.74) is 3.56. The van der Waals surface area contributed by atoms with E-state index in [1.807, 2.05) is 23.1 Å². The van der Waals surface area contributed by atoms with Crippen molar-refractivity contribution >= 4 is 16.9 Å². The highest BCUT2D eigenvalue weighted by molar-refractivity contribution is 7.10. The molecule has 0 fully saturated rings. The maximum Gasteiger partial charge on any atom is 0.0896 e. The molecule has 1 unspecified atom stereocenters. The van der Waals surface area contributed by atoms with Crippen molar-refractivity contribution in [2.45, 2.75) is 19.9 Å². The van der Waals surface area contributed by atoms with Crippen molar-refractivity contribution in [3.05, 3.63) is 52.2 Å². The van der Waals surface area contributed by atoms with Crippen LogP contribution < -0.4 is 5.32 Å². The molecule has 0 radical (unpaired) electrons. The summed E-state index contributed by atoms with van der Waals surface area (Å²) in [6.07, 6.45) is 7.44. The minimum atomic E-state index is 0.187. The van der Waals surface area contributed by atoms with Gasteiger partial charge in [-0.3, -0.25) is 4.98 Å². The molecular formula is C14H16N4S. The zero-order valence-electron chi connectivity index (χ0n) is 11.0. The van der Waals surface area contributed by atoms with Crippen molar-refractivity contribution in [2.24, 2.45) is 0 Å². The van der Waals surface area contributed by atoms with E-state index in [-0.39, 0.29) is 6.04 Å². The third-order valence-corrected chi connectivity index (χ3v) is 4.32. The first kappa shape index (κ1) is 12.3. The summed E-state index contributed by atoms with van der Waals surface area (Å²) in [6, 6.07) is 2.35. The van der Waals surface area contributed by atoms with E-state index in [0.29, 0.717) is 0 Å². The Labute approximate surface area is 116 Å². The standard InChI is InChI=1S/C14H16N4S/c1-3-16-13(14-10(2)4-7-19-14)11-8-17-18-6-5-15-9-12(11)18/h4-9,13,16H,3H2,1-2H3. The third-order valence-electron chi connectivity index (χ3n) is 3.24. The fourth-order valence-electron chi connectivity index (χ4n) is 2.30. The number of rotatable bonds is 4. The molecule has 5 heteroatoms. The maximum absolute atomic E-state index is 4.40. The highest BCUT2D eigenvalue weighted by Crippen LogP contribution is 2.31. The normalized spacial score (nSPS) is 12.9. The van der Waals surface area contributed by atoms with Crippen LogP contribution in [-0.2, 0) is 0 Å². The monoisotopic (exact) mass is 272 g/mol. The zero-order chi connectivity index (χ0) is 13.2. The van der Waals surface area contributed by atoms with Gasteiger partial charge < -0.3 is 5.32 Å². The van der Waals surface area contributed by atoms with Crippen LogP contribution in [0, 0.1) is 6.92 Å². The average Bonchev–Trinajstić information content (AvgIpc) is 3.03. The molecule has 1 atom stereocenters. The quantitative estimate of drug-likeness (QED) is 0.794. The van der Waals surface area contributed by atoms with Crippen LogP contribution in [0.1, 0.15) is 29.0 Å². The molecule has 3 rings (SSSR count). The first-order valence-corrected chi connectivity index (χ1v) is 7.24. The molecule has 0 saturated carbocycles. The predicted molar refractivity (Wildman–Crippen MR) is 77.6 cm³/mol. The van der Waals surface area contributed by atoms with E-state index in [1.54, 1.807) is 17.5 Å². The molecule has 1 N–H and O–H groups in total. The lowest BCUT2D eigenvalue weighted by atomic mass is 10.1. The maximum atomic E-state index is 4.40. The first-order valence-electron chi connectivity index (χ1n) is 6.36. The van der Waals surface area contributed by atoms with Crippen molar-refractivity contribution in [2.75, 3.05) is 6.54 Å². The summed E-state index contributed by atoms with van der Waals surface area (Å²) in [5.74, 6) is 0. The Morgan fingerprint density at radius 2 is 2.32 bits per heavy atom. The summed E-state index contributed by atoms with van der Waals surface area (Å²) < 4.78 is 1.87.